The van der Waals surface area contributed by atoms with Crippen molar-refractivity contribution in [2.45, 2.75) is 25.8 Å². The quantitative estimate of drug-likeness (QED) is 0.838. The molecule has 2 rings (SSSR count). The average molecular weight is 276 g/mol. The molecule has 0 saturated carbocycles. The average Bonchev–Trinajstić information content (AvgIpc) is 2.78. The standard InChI is InChI=1S/C14H16N2O4/c1-9(16-12(17)7-8-13(16)18)14(19)15-10-5-3-4-6-11(10)20-2/h3-6,9H,7-8H2,1-2H3,(H,15,19)/t9-/m0/s1. The number of carbonyl (C=O) groups excluding carboxylic acids is 3. The van der Waals surface area contributed by atoms with Crippen LogP contribution < -0.4 is 10.1 Å². The van der Waals surface area contributed by atoms with E-state index in [9.17, 15) is 14.4 Å². The van der Waals surface area contributed by atoms with Gasteiger partial charge in [-0.05, 0) is 19.1 Å². The Labute approximate surface area is 116 Å². The van der Waals surface area contributed by atoms with Gasteiger partial charge in [-0.1, -0.05) is 12.1 Å². The lowest BCUT2D eigenvalue weighted by atomic mass is 10.2. The number of para-hydroxylation sites is 2. The Hall–Kier alpha value is -2.37. The van der Waals surface area contributed by atoms with Crippen molar-refractivity contribution >= 4 is 23.4 Å². The van der Waals surface area contributed by atoms with Crippen molar-refractivity contribution in [3.8, 4) is 5.75 Å². The van der Waals surface area contributed by atoms with E-state index in [0.29, 0.717) is 11.4 Å². The van der Waals surface area contributed by atoms with Gasteiger partial charge in [0.2, 0.25) is 17.7 Å². The van der Waals surface area contributed by atoms with Gasteiger partial charge >= 0.3 is 0 Å². The predicted octanol–water partition coefficient (Wildman–Crippen LogP) is 1.17. The van der Waals surface area contributed by atoms with Gasteiger partial charge in [-0.3, -0.25) is 19.3 Å². The third kappa shape index (κ3) is 2.64. The third-order valence-electron chi connectivity index (χ3n) is 3.22. The van der Waals surface area contributed by atoms with Crippen LogP contribution in [0.15, 0.2) is 24.3 Å². The van der Waals surface area contributed by atoms with E-state index in [1.807, 2.05) is 0 Å². The molecule has 6 nitrogen and oxygen atoms in total. The molecular weight excluding hydrogens is 260 g/mol. The second kappa shape index (κ2) is 5.73. The number of nitrogens with one attached hydrogen (secondary N) is 1. The molecule has 1 N–H and O–H groups in total. The minimum atomic E-state index is -0.831. The maximum absolute atomic E-state index is 12.1. The summed E-state index contributed by atoms with van der Waals surface area (Å²) in [6, 6.07) is 6.12. The van der Waals surface area contributed by atoms with Crippen LogP contribution in [0.5, 0.6) is 5.75 Å². The van der Waals surface area contributed by atoms with Gasteiger partial charge in [0, 0.05) is 12.8 Å². The molecule has 1 saturated heterocycles. The lowest BCUT2D eigenvalue weighted by Gasteiger charge is -2.22. The van der Waals surface area contributed by atoms with E-state index in [4.69, 9.17) is 4.74 Å². The molecule has 20 heavy (non-hydrogen) atoms. The summed E-state index contributed by atoms with van der Waals surface area (Å²) >= 11 is 0. The summed E-state index contributed by atoms with van der Waals surface area (Å²) in [5, 5.41) is 2.67. The van der Waals surface area contributed by atoms with Crippen LogP contribution in [-0.2, 0) is 14.4 Å². The number of amides is 3. The molecule has 0 bridgehead atoms. The zero-order chi connectivity index (χ0) is 14.7. The van der Waals surface area contributed by atoms with Gasteiger partial charge in [0.1, 0.15) is 11.8 Å². The summed E-state index contributed by atoms with van der Waals surface area (Å²) in [5.74, 6) is -0.513. The van der Waals surface area contributed by atoms with Gasteiger partial charge in [0.05, 0.1) is 12.8 Å². The minimum Gasteiger partial charge on any atom is -0.495 e. The van der Waals surface area contributed by atoms with Crippen LogP contribution in [0.25, 0.3) is 0 Å². The van der Waals surface area contributed by atoms with Crippen LogP contribution in [0.1, 0.15) is 19.8 Å². The molecule has 0 spiro atoms. The molecule has 1 fully saturated rings. The van der Waals surface area contributed by atoms with Crippen LogP contribution in [0.3, 0.4) is 0 Å². The number of rotatable bonds is 4. The minimum absolute atomic E-state index is 0.172. The summed E-state index contributed by atoms with van der Waals surface area (Å²) < 4.78 is 5.13. The molecule has 1 atom stereocenters. The highest BCUT2D eigenvalue weighted by Gasteiger charge is 2.36. The summed E-state index contributed by atoms with van der Waals surface area (Å²) in [4.78, 5) is 36.4. The number of imide groups is 1. The van der Waals surface area contributed by atoms with Crippen LogP contribution in [0.4, 0.5) is 5.69 Å². The van der Waals surface area contributed by atoms with E-state index < -0.39 is 11.9 Å². The van der Waals surface area contributed by atoms with E-state index >= 15 is 0 Å². The maximum Gasteiger partial charge on any atom is 0.247 e. The first-order chi connectivity index (χ1) is 9.54. The Morgan fingerprint density at radius 3 is 2.45 bits per heavy atom. The van der Waals surface area contributed by atoms with Gasteiger partial charge in [-0.2, -0.15) is 0 Å². The Kier molecular flexibility index (Phi) is 4.02. The van der Waals surface area contributed by atoms with E-state index in [2.05, 4.69) is 5.32 Å². The van der Waals surface area contributed by atoms with E-state index in [1.54, 1.807) is 24.3 Å². The van der Waals surface area contributed by atoms with Crippen molar-refractivity contribution in [2.75, 3.05) is 12.4 Å². The fourth-order valence-corrected chi connectivity index (χ4v) is 2.13. The van der Waals surface area contributed by atoms with Crippen molar-refractivity contribution in [3.63, 3.8) is 0 Å². The Bertz CT molecular complexity index is 540. The molecule has 0 aromatic heterocycles. The third-order valence-corrected chi connectivity index (χ3v) is 3.22. The number of benzene rings is 1. The van der Waals surface area contributed by atoms with Crippen molar-refractivity contribution in [2.24, 2.45) is 0 Å². The number of carbonyl (C=O) groups is 3. The SMILES string of the molecule is COc1ccccc1NC(=O)[C@H](C)N1C(=O)CCC1=O. The Morgan fingerprint density at radius 2 is 1.85 bits per heavy atom. The second-order valence-electron chi connectivity index (χ2n) is 4.52. The number of ether oxygens (including phenoxy) is 1. The smallest absolute Gasteiger partial charge is 0.247 e. The summed E-state index contributed by atoms with van der Waals surface area (Å²) in [6.45, 7) is 1.53. The number of methoxy groups -OCH3 is 1. The molecular formula is C14H16N2O4. The maximum atomic E-state index is 12.1. The van der Waals surface area contributed by atoms with Crippen molar-refractivity contribution < 1.29 is 19.1 Å². The van der Waals surface area contributed by atoms with E-state index in [-0.39, 0.29) is 24.7 Å². The molecule has 0 aliphatic carbocycles. The largest absolute Gasteiger partial charge is 0.495 e. The van der Waals surface area contributed by atoms with Crippen molar-refractivity contribution in [3.05, 3.63) is 24.3 Å². The molecule has 106 valence electrons. The second-order valence-corrected chi connectivity index (χ2v) is 4.52. The molecule has 0 radical (unpaired) electrons. The van der Waals surface area contributed by atoms with Gasteiger partial charge in [0.25, 0.3) is 0 Å². The summed E-state index contributed by atoms with van der Waals surface area (Å²) in [5.41, 5.74) is 0.506. The molecule has 3 amide bonds. The fraction of sp³-hybridized carbons (Fsp3) is 0.357. The van der Waals surface area contributed by atoms with Gasteiger partial charge in [-0.25, -0.2) is 0 Å². The van der Waals surface area contributed by atoms with Crippen LogP contribution in [-0.4, -0.2) is 35.8 Å². The zero-order valence-corrected chi connectivity index (χ0v) is 11.4. The molecule has 0 unspecified atom stereocenters. The zero-order valence-electron chi connectivity index (χ0n) is 11.4. The Morgan fingerprint density at radius 1 is 1.25 bits per heavy atom. The van der Waals surface area contributed by atoms with Crippen LogP contribution >= 0.6 is 0 Å². The highest BCUT2D eigenvalue weighted by Crippen LogP contribution is 2.24. The van der Waals surface area contributed by atoms with Crippen LogP contribution in [0.2, 0.25) is 0 Å². The van der Waals surface area contributed by atoms with Gasteiger partial charge < -0.3 is 10.1 Å². The normalized spacial score (nSPS) is 16.2. The number of likely N-dealkylation sites (tertiary alicyclic amines) is 1. The van der Waals surface area contributed by atoms with E-state index in [0.717, 1.165) is 4.90 Å². The van der Waals surface area contributed by atoms with Gasteiger partial charge in [-0.15, -0.1) is 0 Å². The Balaban J connectivity index is 2.12. The number of hydrogen-bond acceptors (Lipinski definition) is 4. The first-order valence-corrected chi connectivity index (χ1v) is 6.33. The predicted molar refractivity (Wildman–Crippen MR) is 72.2 cm³/mol. The number of hydrogen-bond donors (Lipinski definition) is 1. The highest BCUT2D eigenvalue weighted by atomic mass is 16.5. The fourth-order valence-electron chi connectivity index (χ4n) is 2.13. The van der Waals surface area contributed by atoms with Crippen molar-refractivity contribution in [1.29, 1.82) is 0 Å². The number of anilines is 1. The lowest BCUT2D eigenvalue weighted by Crippen LogP contribution is -2.45. The molecule has 6 heteroatoms. The lowest BCUT2D eigenvalue weighted by molar-refractivity contribution is -0.144. The summed E-state index contributed by atoms with van der Waals surface area (Å²) in [6.07, 6.45) is 0.343. The molecule has 1 aliphatic rings. The number of nitrogens with zero attached hydrogens (tertiary/aromatic N) is 1. The first-order valence-electron chi connectivity index (χ1n) is 6.33. The molecule has 1 aromatic rings. The molecule has 1 heterocycles. The monoisotopic (exact) mass is 276 g/mol. The van der Waals surface area contributed by atoms with Crippen LogP contribution in [0, 0.1) is 0 Å². The molecule has 1 aliphatic heterocycles. The topological polar surface area (TPSA) is 75.7 Å². The summed E-state index contributed by atoms with van der Waals surface area (Å²) in [7, 11) is 1.50. The van der Waals surface area contributed by atoms with E-state index in [1.165, 1.54) is 14.0 Å². The highest BCUT2D eigenvalue weighted by molar-refractivity contribution is 6.07. The van der Waals surface area contributed by atoms with Crippen molar-refractivity contribution in [1.82, 2.24) is 4.90 Å². The first kappa shape index (κ1) is 14.0. The molecule has 1 aromatic carbocycles. The van der Waals surface area contributed by atoms with Gasteiger partial charge in [0.15, 0.2) is 0 Å².